The maximum atomic E-state index is 12.8. The Morgan fingerprint density at radius 1 is 1.13 bits per heavy atom. The summed E-state index contributed by atoms with van der Waals surface area (Å²) in [5, 5.41) is 2.88. The van der Waals surface area contributed by atoms with E-state index in [1.54, 1.807) is 0 Å². The van der Waals surface area contributed by atoms with Crippen LogP contribution in [0.5, 0.6) is 0 Å². The summed E-state index contributed by atoms with van der Waals surface area (Å²) < 4.78 is 43.8. The molecule has 1 aliphatic heterocycles. The SMILES string of the molecule is O=C(/C=C/c1cc(C(F)(F)F)ccc1Cl)NCc1cccc(CN2CCOCC2)c1. The first-order valence-corrected chi connectivity index (χ1v) is 9.89. The summed E-state index contributed by atoms with van der Waals surface area (Å²) in [7, 11) is 0. The Bertz CT molecular complexity index is 909. The van der Waals surface area contributed by atoms with E-state index in [-0.39, 0.29) is 10.6 Å². The van der Waals surface area contributed by atoms with Crippen molar-refractivity contribution in [2.75, 3.05) is 26.3 Å². The summed E-state index contributed by atoms with van der Waals surface area (Å²) in [5.74, 6) is -0.415. The molecule has 1 amide bonds. The van der Waals surface area contributed by atoms with E-state index < -0.39 is 17.6 Å². The standard InChI is InChI=1S/C22H22ClF3N2O2/c23-20-6-5-19(22(24,25)26)13-18(20)4-7-21(29)27-14-16-2-1-3-17(12-16)15-28-8-10-30-11-9-28/h1-7,12-13H,8-11,14-15H2,(H,27,29)/b7-4+. The zero-order chi connectivity index (χ0) is 21.6. The van der Waals surface area contributed by atoms with Gasteiger partial charge in [0.25, 0.3) is 0 Å². The minimum atomic E-state index is -4.47. The topological polar surface area (TPSA) is 41.6 Å². The van der Waals surface area contributed by atoms with Gasteiger partial charge in [0.05, 0.1) is 18.8 Å². The molecule has 0 unspecified atom stereocenters. The van der Waals surface area contributed by atoms with Gasteiger partial charge >= 0.3 is 6.18 Å². The maximum absolute atomic E-state index is 12.8. The number of nitrogens with one attached hydrogen (secondary N) is 1. The van der Waals surface area contributed by atoms with Crippen molar-refractivity contribution in [3.05, 3.63) is 75.8 Å². The molecule has 0 aliphatic carbocycles. The molecule has 8 heteroatoms. The summed E-state index contributed by atoms with van der Waals surface area (Å²) in [5.41, 5.74) is 1.41. The number of alkyl halides is 3. The van der Waals surface area contributed by atoms with E-state index in [1.165, 1.54) is 18.2 Å². The van der Waals surface area contributed by atoms with Gasteiger partial charge < -0.3 is 10.1 Å². The van der Waals surface area contributed by atoms with E-state index in [2.05, 4.69) is 10.2 Å². The number of hydrogen-bond donors (Lipinski definition) is 1. The Morgan fingerprint density at radius 3 is 2.60 bits per heavy atom. The van der Waals surface area contributed by atoms with E-state index >= 15 is 0 Å². The van der Waals surface area contributed by atoms with Gasteiger partial charge in [-0.3, -0.25) is 9.69 Å². The number of ether oxygens (including phenoxy) is 1. The highest BCUT2D eigenvalue weighted by molar-refractivity contribution is 6.32. The first-order chi connectivity index (χ1) is 14.3. The highest BCUT2D eigenvalue weighted by atomic mass is 35.5. The normalized spacial score (nSPS) is 15.5. The van der Waals surface area contributed by atoms with Gasteiger partial charge in [-0.15, -0.1) is 0 Å². The number of halogens is 4. The van der Waals surface area contributed by atoms with Gasteiger partial charge in [-0.1, -0.05) is 35.9 Å². The second-order valence-electron chi connectivity index (χ2n) is 6.99. The van der Waals surface area contributed by atoms with Gasteiger partial charge in [-0.25, -0.2) is 0 Å². The van der Waals surface area contributed by atoms with Crippen LogP contribution in [0, 0.1) is 0 Å². The van der Waals surface area contributed by atoms with Gasteiger partial charge in [0.1, 0.15) is 0 Å². The highest BCUT2D eigenvalue weighted by Gasteiger charge is 2.30. The van der Waals surface area contributed by atoms with Gasteiger partial charge in [0.2, 0.25) is 5.91 Å². The van der Waals surface area contributed by atoms with Gasteiger partial charge in [0.15, 0.2) is 0 Å². The number of nitrogens with zero attached hydrogens (tertiary/aromatic N) is 1. The van der Waals surface area contributed by atoms with E-state index in [0.717, 1.165) is 56.1 Å². The number of benzene rings is 2. The molecule has 0 aromatic heterocycles. The Balaban J connectivity index is 1.56. The summed E-state index contributed by atoms with van der Waals surface area (Å²) in [6.45, 7) is 4.39. The molecule has 1 saturated heterocycles. The molecule has 160 valence electrons. The van der Waals surface area contributed by atoms with Crippen LogP contribution in [0.15, 0.2) is 48.5 Å². The molecule has 1 aliphatic rings. The molecule has 0 atom stereocenters. The number of hydrogen-bond acceptors (Lipinski definition) is 3. The molecule has 0 saturated carbocycles. The van der Waals surface area contributed by atoms with E-state index in [9.17, 15) is 18.0 Å². The second kappa shape index (κ2) is 10.1. The number of amides is 1. The van der Waals surface area contributed by atoms with E-state index in [1.807, 2.05) is 24.3 Å². The van der Waals surface area contributed by atoms with Crippen LogP contribution in [0.25, 0.3) is 6.08 Å². The van der Waals surface area contributed by atoms with Crippen molar-refractivity contribution in [3.63, 3.8) is 0 Å². The third-order valence-electron chi connectivity index (χ3n) is 4.71. The molecule has 2 aromatic carbocycles. The van der Waals surface area contributed by atoms with Crippen molar-refractivity contribution < 1.29 is 22.7 Å². The predicted molar refractivity (Wildman–Crippen MR) is 110 cm³/mol. The third kappa shape index (κ3) is 6.58. The van der Waals surface area contributed by atoms with Crippen LogP contribution in [0.4, 0.5) is 13.2 Å². The number of carbonyl (C=O) groups is 1. The average Bonchev–Trinajstić information content (AvgIpc) is 2.72. The van der Waals surface area contributed by atoms with Crippen molar-refractivity contribution in [2.45, 2.75) is 19.3 Å². The van der Waals surface area contributed by atoms with Crippen molar-refractivity contribution in [1.29, 1.82) is 0 Å². The molecule has 0 spiro atoms. The van der Waals surface area contributed by atoms with Crippen LogP contribution >= 0.6 is 11.6 Å². The highest BCUT2D eigenvalue weighted by Crippen LogP contribution is 2.32. The van der Waals surface area contributed by atoms with Crippen molar-refractivity contribution in [2.24, 2.45) is 0 Å². The van der Waals surface area contributed by atoms with Gasteiger partial charge in [0, 0.05) is 37.3 Å². The monoisotopic (exact) mass is 438 g/mol. The lowest BCUT2D eigenvalue weighted by Crippen LogP contribution is -2.35. The minimum Gasteiger partial charge on any atom is -0.379 e. The molecule has 1 fully saturated rings. The van der Waals surface area contributed by atoms with Crippen LogP contribution < -0.4 is 5.32 Å². The quantitative estimate of drug-likeness (QED) is 0.674. The number of rotatable bonds is 6. The minimum absolute atomic E-state index is 0.133. The van der Waals surface area contributed by atoms with Crippen LogP contribution in [0.1, 0.15) is 22.3 Å². The van der Waals surface area contributed by atoms with Crippen LogP contribution in [0.3, 0.4) is 0 Å². The zero-order valence-electron chi connectivity index (χ0n) is 16.2. The average molecular weight is 439 g/mol. The molecular formula is C22H22ClF3N2O2. The van der Waals surface area contributed by atoms with Crippen molar-refractivity contribution >= 4 is 23.6 Å². The fourth-order valence-electron chi connectivity index (χ4n) is 3.12. The fraction of sp³-hybridized carbons (Fsp3) is 0.318. The summed E-state index contributed by atoms with van der Waals surface area (Å²) >= 11 is 5.94. The summed E-state index contributed by atoms with van der Waals surface area (Å²) in [6, 6.07) is 10.9. The fourth-order valence-corrected chi connectivity index (χ4v) is 3.30. The first-order valence-electron chi connectivity index (χ1n) is 9.52. The lowest BCUT2D eigenvalue weighted by molar-refractivity contribution is -0.137. The molecule has 1 N–H and O–H groups in total. The Labute approximate surface area is 178 Å². The number of carbonyl (C=O) groups excluding carboxylic acids is 1. The van der Waals surface area contributed by atoms with Crippen LogP contribution in [0.2, 0.25) is 5.02 Å². The van der Waals surface area contributed by atoms with Gasteiger partial charge in [-0.2, -0.15) is 13.2 Å². The lowest BCUT2D eigenvalue weighted by Gasteiger charge is -2.26. The Morgan fingerprint density at radius 2 is 1.87 bits per heavy atom. The third-order valence-corrected chi connectivity index (χ3v) is 5.05. The molecule has 0 bridgehead atoms. The maximum Gasteiger partial charge on any atom is 0.416 e. The summed E-state index contributed by atoms with van der Waals surface area (Å²) in [6.07, 6.45) is -2.01. The lowest BCUT2D eigenvalue weighted by atomic mass is 10.1. The van der Waals surface area contributed by atoms with Crippen LogP contribution in [-0.2, 0) is 28.8 Å². The van der Waals surface area contributed by atoms with Gasteiger partial charge in [-0.05, 0) is 41.0 Å². The Kier molecular flexibility index (Phi) is 7.53. The van der Waals surface area contributed by atoms with Crippen LogP contribution in [-0.4, -0.2) is 37.1 Å². The molecular weight excluding hydrogens is 417 g/mol. The van der Waals surface area contributed by atoms with E-state index in [4.69, 9.17) is 16.3 Å². The predicted octanol–water partition coefficient (Wildman–Crippen LogP) is 4.52. The second-order valence-corrected chi connectivity index (χ2v) is 7.40. The molecule has 1 heterocycles. The largest absolute Gasteiger partial charge is 0.416 e. The summed E-state index contributed by atoms with van der Waals surface area (Å²) in [4.78, 5) is 14.4. The van der Waals surface area contributed by atoms with E-state index in [0.29, 0.717) is 6.54 Å². The number of morpholine rings is 1. The molecule has 0 radical (unpaired) electrons. The molecule has 4 nitrogen and oxygen atoms in total. The first kappa shape index (κ1) is 22.3. The molecule has 3 rings (SSSR count). The zero-order valence-corrected chi connectivity index (χ0v) is 17.0. The smallest absolute Gasteiger partial charge is 0.379 e. The molecule has 30 heavy (non-hydrogen) atoms. The molecule has 2 aromatic rings. The van der Waals surface area contributed by atoms with Crippen molar-refractivity contribution in [3.8, 4) is 0 Å². The van der Waals surface area contributed by atoms with Crippen molar-refractivity contribution in [1.82, 2.24) is 10.2 Å². The Hall–Kier alpha value is -2.35.